The molecule has 0 aliphatic carbocycles. The summed E-state index contributed by atoms with van der Waals surface area (Å²) in [5, 5.41) is 0. The molecule has 1 aromatic carbocycles. The molecule has 1 aliphatic rings. The van der Waals surface area contributed by atoms with Crippen molar-refractivity contribution in [2.24, 2.45) is 5.73 Å². The number of likely N-dealkylation sites (tertiary alicyclic amines) is 1. The number of nitrogens with two attached hydrogens (primary N) is 1. The molecule has 1 heterocycles. The van der Waals surface area contributed by atoms with Crippen LogP contribution in [0.25, 0.3) is 0 Å². The zero-order valence-electron chi connectivity index (χ0n) is 11.6. The van der Waals surface area contributed by atoms with Crippen molar-refractivity contribution in [1.82, 2.24) is 4.90 Å². The van der Waals surface area contributed by atoms with Crippen LogP contribution in [0.1, 0.15) is 31.7 Å². The average Bonchev–Trinajstić information content (AvgIpc) is 2.43. The summed E-state index contributed by atoms with van der Waals surface area (Å²) in [4.78, 5) is 14.3. The topological polar surface area (TPSA) is 46.3 Å². The Hall–Kier alpha value is -0.940. The number of nitrogens with zero attached hydrogens (tertiary/aromatic N) is 1. The maximum atomic E-state index is 13.2. The number of carbonyl (C=O) groups is 1. The highest BCUT2D eigenvalue weighted by molar-refractivity contribution is 9.10. The van der Waals surface area contributed by atoms with E-state index in [1.165, 1.54) is 6.07 Å². The van der Waals surface area contributed by atoms with Gasteiger partial charge in [-0.05, 0) is 59.8 Å². The van der Waals surface area contributed by atoms with Gasteiger partial charge in [-0.1, -0.05) is 6.07 Å². The standard InChI is InChI=1S/C15H20BrFN2O/c1-10(18)14-4-2-3-7-19(14)15(20)9-11-5-6-13(17)12(16)8-11/h5-6,8,10,14H,2-4,7,9,18H2,1H3. The molecule has 2 atom stereocenters. The molecule has 20 heavy (non-hydrogen) atoms. The van der Waals surface area contributed by atoms with Gasteiger partial charge in [-0.3, -0.25) is 4.79 Å². The Bertz CT molecular complexity index is 493. The summed E-state index contributed by atoms with van der Waals surface area (Å²) in [6.07, 6.45) is 3.42. The fourth-order valence-corrected chi connectivity index (χ4v) is 3.17. The van der Waals surface area contributed by atoms with E-state index < -0.39 is 0 Å². The van der Waals surface area contributed by atoms with Crippen LogP contribution in [-0.4, -0.2) is 29.4 Å². The largest absolute Gasteiger partial charge is 0.338 e. The summed E-state index contributed by atoms with van der Waals surface area (Å²) in [7, 11) is 0. The van der Waals surface area contributed by atoms with Crippen LogP contribution in [0.5, 0.6) is 0 Å². The zero-order valence-corrected chi connectivity index (χ0v) is 13.2. The third-order valence-electron chi connectivity index (χ3n) is 3.82. The quantitative estimate of drug-likeness (QED) is 0.917. The van der Waals surface area contributed by atoms with Crippen molar-refractivity contribution in [1.29, 1.82) is 0 Å². The van der Waals surface area contributed by atoms with Crippen LogP contribution in [0.2, 0.25) is 0 Å². The molecule has 0 aromatic heterocycles. The normalized spacial score (nSPS) is 20.8. The van der Waals surface area contributed by atoms with Crippen molar-refractivity contribution < 1.29 is 9.18 Å². The molecule has 1 amide bonds. The Kier molecular flexibility index (Phi) is 5.16. The van der Waals surface area contributed by atoms with E-state index in [0.717, 1.165) is 31.4 Å². The van der Waals surface area contributed by atoms with Gasteiger partial charge in [0, 0.05) is 18.6 Å². The molecule has 2 N–H and O–H groups in total. The molecule has 0 bridgehead atoms. The third kappa shape index (κ3) is 3.58. The first-order valence-corrected chi connectivity index (χ1v) is 7.77. The Morgan fingerprint density at radius 2 is 2.30 bits per heavy atom. The number of piperidine rings is 1. The predicted molar refractivity (Wildman–Crippen MR) is 80.8 cm³/mol. The molecule has 0 saturated carbocycles. The number of amides is 1. The van der Waals surface area contributed by atoms with E-state index in [0.29, 0.717) is 10.9 Å². The van der Waals surface area contributed by atoms with Crippen molar-refractivity contribution in [2.75, 3.05) is 6.54 Å². The first kappa shape index (κ1) is 15.4. The number of hydrogen-bond acceptors (Lipinski definition) is 2. The zero-order chi connectivity index (χ0) is 14.7. The monoisotopic (exact) mass is 342 g/mol. The number of benzene rings is 1. The van der Waals surface area contributed by atoms with Crippen molar-refractivity contribution in [3.63, 3.8) is 0 Å². The van der Waals surface area contributed by atoms with E-state index in [-0.39, 0.29) is 23.8 Å². The van der Waals surface area contributed by atoms with Crippen molar-refractivity contribution in [2.45, 2.75) is 44.7 Å². The summed E-state index contributed by atoms with van der Waals surface area (Å²) in [6.45, 7) is 2.72. The second-order valence-electron chi connectivity index (χ2n) is 5.43. The van der Waals surface area contributed by atoms with Crippen LogP contribution in [-0.2, 0) is 11.2 Å². The number of halogens is 2. The minimum atomic E-state index is -0.312. The minimum absolute atomic E-state index is 0.0146. The van der Waals surface area contributed by atoms with Gasteiger partial charge in [-0.2, -0.15) is 0 Å². The van der Waals surface area contributed by atoms with Gasteiger partial charge in [0.1, 0.15) is 5.82 Å². The van der Waals surface area contributed by atoms with Gasteiger partial charge in [0.25, 0.3) is 0 Å². The summed E-state index contributed by atoms with van der Waals surface area (Å²) >= 11 is 3.15. The van der Waals surface area contributed by atoms with Crippen molar-refractivity contribution >= 4 is 21.8 Å². The van der Waals surface area contributed by atoms with Gasteiger partial charge in [0.2, 0.25) is 5.91 Å². The molecule has 110 valence electrons. The lowest BCUT2D eigenvalue weighted by molar-refractivity contribution is -0.134. The molecule has 2 unspecified atom stereocenters. The van der Waals surface area contributed by atoms with Crippen molar-refractivity contribution in [3.8, 4) is 0 Å². The molecule has 5 heteroatoms. The predicted octanol–water partition coefficient (Wildman–Crippen LogP) is 2.86. The minimum Gasteiger partial charge on any atom is -0.338 e. The van der Waals surface area contributed by atoms with Gasteiger partial charge in [-0.15, -0.1) is 0 Å². The first-order valence-electron chi connectivity index (χ1n) is 6.98. The summed E-state index contributed by atoms with van der Waals surface area (Å²) in [6, 6.07) is 4.81. The molecule has 1 aliphatic heterocycles. The van der Waals surface area contributed by atoms with Gasteiger partial charge in [0.05, 0.1) is 10.9 Å². The third-order valence-corrected chi connectivity index (χ3v) is 4.42. The fourth-order valence-electron chi connectivity index (χ4n) is 2.74. The highest BCUT2D eigenvalue weighted by Crippen LogP contribution is 2.22. The molecule has 1 fully saturated rings. The van der Waals surface area contributed by atoms with Gasteiger partial charge in [-0.25, -0.2) is 4.39 Å². The van der Waals surface area contributed by atoms with E-state index in [9.17, 15) is 9.18 Å². The Morgan fingerprint density at radius 1 is 1.55 bits per heavy atom. The Balaban J connectivity index is 2.07. The SMILES string of the molecule is CC(N)C1CCCCN1C(=O)Cc1ccc(F)c(Br)c1. The molecule has 1 aromatic rings. The second-order valence-corrected chi connectivity index (χ2v) is 6.29. The lowest BCUT2D eigenvalue weighted by Crippen LogP contribution is -2.52. The molecular formula is C15H20BrFN2O. The number of hydrogen-bond donors (Lipinski definition) is 1. The lowest BCUT2D eigenvalue weighted by atomic mass is 9.96. The number of carbonyl (C=O) groups excluding carboxylic acids is 1. The smallest absolute Gasteiger partial charge is 0.227 e. The highest BCUT2D eigenvalue weighted by Gasteiger charge is 2.28. The summed E-state index contributed by atoms with van der Waals surface area (Å²) < 4.78 is 13.6. The van der Waals surface area contributed by atoms with Crippen LogP contribution in [0.4, 0.5) is 4.39 Å². The molecule has 0 spiro atoms. The van der Waals surface area contributed by atoms with E-state index in [1.54, 1.807) is 12.1 Å². The average molecular weight is 343 g/mol. The van der Waals surface area contributed by atoms with Crippen molar-refractivity contribution in [3.05, 3.63) is 34.1 Å². The van der Waals surface area contributed by atoms with Crippen LogP contribution in [0, 0.1) is 5.82 Å². The molecule has 2 rings (SSSR count). The maximum absolute atomic E-state index is 13.2. The first-order chi connectivity index (χ1) is 9.49. The fraction of sp³-hybridized carbons (Fsp3) is 0.533. The molecule has 1 saturated heterocycles. The Morgan fingerprint density at radius 3 is 2.95 bits per heavy atom. The molecule has 3 nitrogen and oxygen atoms in total. The highest BCUT2D eigenvalue weighted by atomic mass is 79.9. The van der Waals surface area contributed by atoms with Gasteiger partial charge in [0.15, 0.2) is 0 Å². The summed E-state index contributed by atoms with van der Waals surface area (Å²) in [5.41, 5.74) is 6.80. The number of rotatable bonds is 3. The van der Waals surface area contributed by atoms with E-state index in [1.807, 2.05) is 11.8 Å². The van der Waals surface area contributed by atoms with E-state index in [4.69, 9.17) is 5.73 Å². The molecule has 0 radical (unpaired) electrons. The Labute approximate surface area is 127 Å². The lowest BCUT2D eigenvalue weighted by Gasteiger charge is -2.38. The van der Waals surface area contributed by atoms with Crippen LogP contribution in [0.3, 0.4) is 0 Å². The second kappa shape index (κ2) is 6.68. The maximum Gasteiger partial charge on any atom is 0.227 e. The van der Waals surface area contributed by atoms with Crippen LogP contribution in [0.15, 0.2) is 22.7 Å². The molecular weight excluding hydrogens is 323 g/mol. The van der Waals surface area contributed by atoms with Gasteiger partial charge < -0.3 is 10.6 Å². The van der Waals surface area contributed by atoms with Gasteiger partial charge >= 0.3 is 0 Å². The van der Waals surface area contributed by atoms with E-state index >= 15 is 0 Å². The van der Waals surface area contributed by atoms with Crippen LogP contribution < -0.4 is 5.73 Å². The summed E-state index contributed by atoms with van der Waals surface area (Å²) in [5.74, 6) is -0.238. The van der Waals surface area contributed by atoms with Crippen LogP contribution >= 0.6 is 15.9 Å². The van der Waals surface area contributed by atoms with E-state index in [2.05, 4.69) is 15.9 Å².